The van der Waals surface area contributed by atoms with Crippen molar-refractivity contribution < 1.29 is 14.5 Å². The molecular weight excluding hydrogens is 412 g/mol. The summed E-state index contributed by atoms with van der Waals surface area (Å²) in [4.78, 5) is 32.0. The molecule has 0 aliphatic carbocycles. The first-order valence-corrected chi connectivity index (χ1v) is 10.3. The Kier molecular flexibility index (Phi) is 7.74. The van der Waals surface area contributed by atoms with Crippen molar-refractivity contribution in [2.24, 2.45) is 4.99 Å². The fourth-order valence-corrected chi connectivity index (χ4v) is 3.27. The first kappa shape index (κ1) is 23.2. The number of likely N-dealkylation sites (N-methyl/N-ethyl adjacent to an activating group) is 1. The number of carbonyl (C=O) groups is 1. The molecule has 10 nitrogen and oxygen atoms in total. The largest absolute Gasteiger partial charge is 0.398 e. The standard InChI is InChI=1S/C22H28N6O4/c1-26(2)7-6-24-15-17-13-20(21(14-19(17)23)27-8-10-32-11-9-27)25-22(29)16-4-3-5-18(12-16)28(30)31/h3-5,12-15H,6-11,23H2,1-2H3,(H,25,29). The van der Waals surface area contributed by atoms with Gasteiger partial charge in [-0.15, -0.1) is 0 Å². The van der Waals surface area contributed by atoms with E-state index < -0.39 is 10.8 Å². The van der Waals surface area contributed by atoms with Crippen molar-refractivity contribution in [3.8, 4) is 0 Å². The third-order valence-corrected chi connectivity index (χ3v) is 5.03. The molecule has 0 saturated carbocycles. The first-order valence-electron chi connectivity index (χ1n) is 10.3. The van der Waals surface area contributed by atoms with Crippen LogP contribution in [0, 0.1) is 10.1 Å². The summed E-state index contributed by atoms with van der Waals surface area (Å²) < 4.78 is 5.44. The van der Waals surface area contributed by atoms with Gasteiger partial charge in [-0.2, -0.15) is 0 Å². The smallest absolute Gasteiger partial charge is 0.270 e. The Morgan fingerprint density at radius 1 is 1.31 bits per heavy atom. The van der Waals surface area contributed by atoms with Crippen molar-refractivity contribution >= 4 is 34.9 Å². The van der Waals surface area contributed by atoms with Crippen LogP contribution in [-0.4, -0.2) is 75.4 Å². The predicted octanol–water partition coefficient (Wildman–Crippen LogP) is 2.25. The van der Waals surface area contributed by atoms with Gasteiger partial charge in [0.05, 0.1) is 36.1 Å². The van der Waals surface area contributed by atoms with Crippen LogP contribution in [-0.2, 0) is 4.74 Å². The van der Waals surface area contributed by atoms with E-state index in [2.05, 4.69) is 15.2 Å². The Bertz CT molecular complexity index is 1000. The van der Waals surface area contributed by atoms with Gasteiger partial charge in [-0.25, -0.2) is 0 Å². The summed E-state index contributed by atoms with van der Waals surface area (Å²) in [6.07, 6.45) is 1.70. The molecule has 1 saturated heterocycles. The number of hydrogen-bond acceptors (Lipinski definition) is 8. The second-order valence-electron chi connectivity index (χ2n) is 7.70. The molecule has 0 atom stereocenters. The van der Waals surface area contributed by atoms with Crippen molar-refractivity contribution in [2.75, 3.05) is 69.4 Å². The van der Waals surface area contributed by atoms with E-state index in [1.165, 1.54) is 24.3 Å². The summed E-state index contributed by atoms with van der Waals surface area (Å²) >= 11 is 0. The highest BCUT2D eigenvalue weighted by molar-refractivity contribution is 6.07. The lowest BCUT2D eigenvalue weighted by molar-refractivity contribution is -0.384. The lowest BCUT2D eigenvalue weighted by atomic mass is 10.1. The molecule has 3 rings (SSSR count). The summed E-state index contributed by atoms with van der Waals surface area (Å²) in [7, 11) is 3.95. The Balaban J connectivity index is 1.91. The Morgan fingerprint density at radius 3 is 2.75 bits per heavy atom. The van der Waals surface area contributed by atoms with Crippen molar-refractivity contribution in [1.82, 2.24) is 4.90 Å². The average Bonchev–Trinajstić information content (AvgIpc) is 2.78. The van der Waals surface area contributed by atoms with Gasteiger partial charge in [0.1, 0.15) is 0 Å². The molecule has 1 heterocycles. The zero-order chi connectivity index (χ0) is 23.1. The van der Waals surface area contributed by atoms with Gasteiger partial charge in [0.2, 0.25) is 0 Å². The fourth-order valence-electron chi connectivity index (χ4n) is 3.27. The molecule has 1 amide bonds. The summed E-state index contributed by atoms with van der Waals surface area (Å²) in [5, 5.41) is 14.0. The van der Waals surface area contributed by atoms with Gasteiger partial charge in [0, 0.05) is 54.8 Å². The predicted molar refractivity (Wildman–Crippen MR) is 126 cm³/mol. The first-order chi connectivity index (χ1) is 15.3. The molecule has 170 valence electrons. The molecule has 1 fully saturated rings. The Hall–Kier alpha value is -3.50. The van der Waals surface area contributed by atoms with E-state index in [0.29, 0.717) is 49.8 Å². The number of anilines is 3. The molecule has 10 heteroatoms. The van der Waals surface area contributed by atoms with Crippen molar-refractivity contribution in [1.29, 1.82) is 0 Å². The quantitative estimate of drug-likeness (QED) is 0.279. The summed E-state index contributed by atoms with van der Waals surface area (Å²) in [5.41, 5.74) is 8.92. The molecule has 0 spiro atoms. The van der Waals surface area contributed by atoms with Gasteiger partial charge in [-0.3, -0.25) is 19.9 Å². The zero-order valence-electron chi connectivity index (χ0n) is 18.3. The number of benzene rings is 2. The van der Waals surface area contributed by atoms with Crippen molar-refractivity contribution in [3.05, 3.63) is 57.6 Å². The van der Waals surface area contributed by atoms with Crippen LogP contribution in [0.1, 0.15) is 15.9 Å². The molecule has 1 aliphatic rings. The second-order valence-corrected chi connectivity index (χ2v) is 7.70. The highest BCUT2D eigenvalue weighted by atomic mass is 16.6. The molecule has 32 heavy (non-hydrogen) atoms. The van der Waals surface area contributed by atoms with E-state index in [4.69, 9.17) is 10.5 Å². The highest BCUT2D eigenvalue weighted by Crippen LogP contribution is 2.32. The molecule has 2 aromatic rings. The Morgan fingerprint density at radius 2 is 2.06 bits per heavy atom. The van der Waals surface area contributed by atoms with Gasteiger partial charge in [0.15, 0.2) is 0 Å². The number of nitro groups is 1. The zero-order valence-corrected chi connectivity index (χ0v) is 18.3. The molecule has 3 N–H and O–H groups in total. The van der Waals surface area contributed by atoms with E-state index in [9.17, 15) is 14.9 Å². The molecule has 0 unspecified atom stereocenters. The molecule has 1 aliphatic heterocycles. The average molecular weight is 441 g/mol. The third-order valence-electron chi connectivity index (χ3n) is 5.03. The number of nitro benzene ring substituents is 1. The molecular formula is C22H28N6O4. The number of morpholine rings is 1. The summed E-state index contributed by atoms with van der Waals surface area (Å²) in [5.74, 6) is -0.441. The maximum absolute atomic E-state index is 12.9. The summed E-state index contributed by atoms with van der Waals surface area (Å²) in [6, 6.07) is 9.24. The van der Waals surface area contributed by atoms with Crippen LogP contribution in [0.15, 0.2) is 41.4 Å². The number of nitrogens with two attached hydrogens (primary N) is 1. The van der Waals surface area contributed by atoms with Crippen LogP contribution < -0.4 is 16.0 Å². The number of ether oxygens (including phenoxy) is 1. The van der Waals surface area contributed by atoms with Crippen molar-refractivity contribution in [2.45, 2.75) is 0 Å². The van der Waals surface area contributed by atoms with Crippen molar-refractivity contribution in [3.63, 3.8) is 0 Å². The lowest BCUT2D eigenvalue weighted by Gasteiger charge is -2.31. The molecule has 2 aromatic carbocycles. The maximum Gasteiger partial charge on any atom is 0.270 e. The second kappa shape index (κ2) is 10.7. The minimum atomic E-state index is -0.526. The fraction of sp³-hybridized carbons (Fsp3) is 0.364. The van der Waals surface area contributed by atoms with E-state index in [1.807, 2.05) is 25.1 Å². The molecule has 0 radical (unpaired) electrons. The number of nitrogens with one attached hydrogen (secondary N) is 1. The van der Waals surface area contributed by atoms with Gasteiger partial charge >= 0.3 is 0 Å². The van der Waals surface area contributed by atoms with E-state index in [1.54, 1.807) is 12.3 Å². The number of aliphatic imine (C=N–C) groups is 1. The number of carbonyl (C=O) groups excluding carboxylic acids is 1. The van der Waals surface area contributed by atoms with Gasteiger partial charge in [-0.05, 0) is 32.3 Å². The SMILES string of the molecule is CN(C)CCN=Cc1cc(NC(=O)c2cccc([N+](=O)[O-])c2)c(N2CCOCC2)cc1N. The number of hydrogen-bond donors (Lipinski definition) is 2. The van der Waals surface area contributed by atoms with Crippen LogP contribution in [0.3, 0.4) is 0 Å². The summed E-state index contributed by atoms with van der Waals surface area (Å²) in [6.45, 7) is 3.90. The van der Waals surface area contributed by atoms with Gasteiger partial charge < -0.3 is 25.6 Å². The van der Waals surface area contributed by atoms with Crippen LogP contribution in [0.4, 0.5) is 22.7 Å². The monoisotopic (exact) mass is 440 g/mol. The third kappa shape index (κ3) is 6.02. The highest BCUT2D eigenvalue weighted by Gasteiger charge is 2.19. The normalized spacial score (nSPS) is 14.2. The van der Waals surface area contributed by atoms with Crippen LogP contribution in [0.5, 0.6) is 0 Å². The number of amides is 1. The van der Waals surface area contributed by atoms with E-state index in [-0.39, 0.29) is 11.3 Å². The lowest BCUT2D eigenvalue weighted by Crippen LogP contribution is -2.37. The number of nitrogen functional groups attached to an aromatic ring is 1. The van der Waals surface area contributed by atoms with Crippen LogP contribution in [0.25, 0.3) is 0 Å². The minimum Gasteiger partial charge on any atom is -0.398 e. The number of nitrogens with zero attached hydrogens (tertiary/aromatic N) is 4. The molecule has 0 bridgehead atoms. The number of rotatable bonds is 8. The van der Waals surface area contributed by atoms with Gasteiger partial charge in [-0.1, -0.05) is 6.07 Å². The maximum atomic E-state index is 12.9. The van der Waals surface area contributed by atoms with E-state index >= 15 is 0 Å². The Labute approximate surface area is 186 Å². The number of non-ortho nitro benzene ring substituents is 1. The topological polar surface area (TPSA) is 126 Å². The molecule has 0 aromatic heterocycles. The minimum absolute atomic E-state index is 0.142. The van der Waals surface area contributed by atoms with E-state index in [0.717, 1.165) is 12.2 Å². The van der Waals surface area contributed by atoms with Crippen LogP contribution in [0.2, 0.25) is 0 Å². The van der Waals surface area contributed by atoms with Gasteiger partial charge in [0.25, 0.3) is 11.6 Å². The van der Waals surface area contributed by atoms with Crippen LogP contribution >= 0.6 is 0 Å².